The van der Waals surface area contributed by atoms with E-state index in [9.17, 15) is 0 Å². The second kappa shape index (κ2) is 9.08. The molecule has 0 bridgehead atoms. The first-order valence-corrected chi connectivity index (χ1v) is 6.36. The van der Waals surface area contributed by atoms with Crippen LogP contribution in [0.1, 0.15) is 11.1 Å². The minimum absolute atomic E-state index is 0.500. The van der Waals surface area contributed by atoms with E-state index in [1.54, 1.807) is 0 Å². The Morgan fingerprint density at radius 1 is 0.895 bits per heavy atom. The standard InChI is InChI=1S/C14H15N.CH3NOS/c1-3-7-13(8-4-1)11-15-12-14-9-5-2-6-10-14;2-1(3)4/h1-10,15H,11-12H2;(H3,2,3,4). The highest BCUT2D eigenvalue weighted by Crippen LogP contribution is 2.00. The maximum absolute atomic E-state index is 7.56. The Morgan fingerprint density at radius 2 is 1.21 bits per heavy atom. The zero-order valence-corrected chi connectivity index (χ0v) is 11.4. The van der Waals surface area contributed by atoms with Gasteiger partial charge in [0.2, 0.25) is 0 Å². The maximum atomic E-state index is 7.56. The van der Waals surface area contributed by atoms with Crippen LogP contribution in [0, 0.1) is 0 Å². The topological polar surface area (TPSA) is 58.3 Å². The molecule has 0 heterocycles. The highest BCUT2D eigenvalue weighted by atomic mass is 32.1. The molecule has 2 rings (SSSR count). The predicted molar refractivity (Wildman–Crippen MR) is 82.8 cm³/mol. The van der Waals surface area contributed by atoms with E-state index in [0.717, 1.165) is 13.1 Å². The molecule has 100 valence electrons. The molecule has 2 aromatic rings. The number of aliphatic hydroxyl groups is 1. The molecule has 19 heavy (non-hydrogen) atoms. The van der Waals surface area contributed by atoms with E-state index in [1.807, 2.05) is 12.1 Å². The van der Waals surface area contributed by atoms with E-state index < -0.39 is 5.17 Å². The maximum Gasteiger partial charge on any atom is 0.251 e. The van der Waals surface area contributed by atoms with Gasteiger partial charge in [0.1, 0.15) is 0 Å². The van der Waals surface area contributed by atoms with Gasteiger partial charge in [0.05, 0.1) is 0 Å². The number of hydrogen-bond donors (Lipinski definition) is 3. The van der Waals surface area contributed by atoms with Gasteiger partial charge < -0.3 is 16.2 Å². The van der Waals surface area contributed by atoms with Gasteiger partial charge in [-0.25, -0.2) is 0 Å². The zero-order valence-electron chi connectivity index (χ0n) is 10.6. The Balaban J connectivity index is 0.000000399. The smallest absolute Gasteiger partial charge is 0.251 e. The molecular formula is C15H18N2OS. The van der Waals surface area contributed by atoms with E-state index in [0.29, 0.717) is 0 Å². The van der Waals surface area contributed by atoms with Crippen LogP contribution in [-0.4, -0.2) is 10.3 Å². The largest absolute Gasteiger partial charge is 0.487 e. The van der Waals surface area contributed by atoms with Gasteiger partial charge in [-0.15, -0.1) is 0 Å². The van der Waals surface area contributed by atoms with Crippen molar-refractivity contribution in [1.82, 2.24) is 5.32 Å². The van der Waals surface area contributed by atoms with Crippen molar-refractivity contribution in [1.29, 1.82) is 0 Å². The van der Waals surface area contributed by atoms with Crippen LogP contribution in [0.15, 0.2) is 60.7 Å². The second-order valence-corrected chi connectivity index (χ2v) is 4.33. The molecule has 0 spiro atoms. The van der Waals surface area contributed by atoms with Gasteiger partial charge in [0.25, 0.3) is 5.17 Å². The number of nitrogens with one attached hydrogen (secondary N) is 1. The Morgan fingerprint density at radius 3 is 1.53 bits per heavy atom. The van der Waals surface area contributed by atoms with Crippen molar-refractivity contribution in [2.45, 2.75) is 13.1 Å². The number of benzene rings is 2. The third-order valence-corrected chi connectivity index (χ3v) is 2.34. The van der Waals surface area contributed by atoms with Crippen LogP contribution in [0.25, 0.3) is 0 Å². The molecule has 3 nitrogen and oxygen atoms in total. The molecule has 0 unspecified atom stereocenters. The number of nitrogens with two attached hydrogens (primary N) is 1. The SMILES string of the molecule is NC(O)=S.c1ccc(CNCc2ccccc2)cc1. The Kier molecular flexibility index (Phi) is 7.24. The first kappa shape index (κ1) is 15.1. The monoisotopic (exact) mass is 274 g/mol. The normalized spacial score (nSPS) is 9.26. The molecule has 0 fully saturated rings. The molecule has 0 aromatic heterocycles. The average Bonchev–Trinajstić information content (AvgIpc) is 2.41. The summed E-state index contributed by atoms with van der Waals surface area (Å²) in [5, 5.41) is 10.5. The van der Waals surface area contributed by atoms with E-state index >= 15 is 0 Å². The highest BCUT2D eigenvalue weighted by Gasteiger charge is 1.92. The number of thiocarbonyl (C=S) groups is 1. The van der Waals surface area contributed by atoms with Crippen LogP contribution in [0.5, 0.6) is 0 Å². The van der Waals surface area contributed by atoms with E-state index in [-0.39, 0.29) is 0 Å². The predicted octanol–water partition coefficient (Wildman–Crippen LogP) is 2.76. The van der Waals surface area contributed by atoms with Crippen LogP contribution in [0.2, 0.25) is 0 Å². The molecule has 0 saturated heterocycles. The lowest BCUT2D eigenvalue weighted by atomic mass is 10.2. The minimum atomic E-state index is -0.500. The molecule has 0 atom stereocenters. The van der Waals surface area contributed by atoms with Crippen molar-refractivity contribution >= 4 is 17.4 Å². The van der Waals surface area contributed by atoms with Crippen molar-refractivity contribution in [2.75, 3.05) is 0 Å². The lowest BCUT2D eigenvalue weighted by Crippen LogP contribution is -2.12. The summed E-state index contributed by atoms with van der Waals surface area (Å²) in [6, 6.07) is 20.9. The summed E-state index contributed by atoms with van der Waals surface area (Å²) in [4.78, 5) is 0. The van der Waals surface area contributed by atoms with Crippen LogP contribution in [0.4, 0.5) is 0 Å². The summed E-state index contributed by atoms with van der Waals surface area (Å²) >= 11 is 3.87. The van der Waals surface area contributed by atoms with E-state index in [2.05, 4.69) is 71.8 Å². The highest BCUT2D eigenvalue weighted by molar-refractivity contribution is 7.79. The molecule has 2 aromatic carbocycles. The number of hydrogen-bond acceptors (Lipinski definition) is 2. The van der Waals surface area contributed by atoms with Crippen molar-refractivity contribution in [2.24, 2.45) is 5.73 Å². The quantitative estimate of drug-likeness (QED) is 0.750. The van der Waals surface area contributed by atoms with Crippen molar-refractivity contribution < 1.29 is 5.11 Å². The van der Waals surface area contributed by atoms with Crippen molar-refractivity contribution in [3.8, 4) is 0 Å². The van der Waals surface area contributed by atoms with E-state index in [1.165, 1.54) is 11.1 Å². The first-order chi connectivity index (χ1) is 9.18. The van der Waals surface area contributed by atoms with Gasteiger partial charge in [0, 0.05) is 13.1 Å². The first-order valence-electron chi connectivity index (χ1n) is 5.95. The fourth-order valence-electron chi connectivity index (χ4n) is 1.54. The molecule has 0 aliphatic carbocycles. The third kappa shape index (κ3) is 7.91. The summed E-state index contributed by atoms with van der Waals surface area (Å²) in [7, 11) is 0. The molecule has 4 heteroatoms. The van der Waals surface area contributed by atoms with Crippen molar-refractivity contribution in [3.05, 3.63) is 71.8 Å². The fourth-order valence-corrected chi connectivity index (χ4v) is 1.54. The summed E-state index contributed by atoms with van der Waals surface area (Å²) in [6.07, 6.45) is 0. The number of rotatable bonds is 4. The fraction of sp³-hybridized carbons (Fsp3) is 0.133. The summed E-state index contributed by atoms with van der Waals surface area (Å²) in [5.74, 6) is 0. The van der Waals surface area contributed by atoms with Crippen LogP contribution >= 0.6 is 12.2 Å². The third-order valence-electron chi connectivity index (χ3n) is 2.34. The molecule has 0 aliphatic rings. The molecule has 0 radical (unpaired) electrons. The van der Waals surface area contributed by atoms with Gasteiger partial charge >= 0.3 is 0 Å². The molecule has 0 amide bonds. The summed E-state index contributed by atoms with van der Waals surface area (Å²) < 4.78 is 0. The van der Waals surface area contributed by atoms with Crippen molar-refractivity contribution in [3.63, 3.8) is 0 Å². The Bertz CT molecular complexity index is 431. The summed E-state index contributed by atoms with van der Waals surface area (Å²) in [6.45, 7) is 1.85. The molecule has 4 N–H and O–H groups in total. The van der Waals surface area contributed by atoms with Gasteiger partial charge in [-0.2, -0.15) is 0 Å². The van der Waals surface area contributed by atoms with Gasteiger partial charge in [-0.1, -0.05) is 60.7 Å². The van der Waals surface area contributed by atoms with Crippen LogP contribution in [-0.2, 0) is 13.1 Å². The van der Waals surface area contributed by atoms with Gasteiger partial charge in [-0.05, 0) is 23.3 Å². The van der Waals surface area contributed by atoms with Gasteiger partial charge in [-0.3, -0.25) is 0 Å². The zero-order chi connectivity index (χ0) is 13.9. The minimum Gasteiger partial charge on any atom is -0.487 e. The van der Waals surface area contributed by atoms with Crippen LogP contribution in [0.3, 0.4) is 0 Å². The average molecular weight is 274 g/mol. The Labute approximate surface area is 119 Å². The Hall–Kier alpha value is -1.91. The second-order valence-electron chi connectivity index (χ2n) is 3.91. The van der Waals surface area contributed by atoms with Gasteiger partial charge in [0.15, 0.2) is 0 Å². The molecular weight excluding hydrogens is 256 g/mol. The lowest BCUT2D eigenvalue weighted by molar-refractivity contribution is 0.560. The van der Waals surface area contributed by atoms with Crippen LogP contribution < -0.4 is 11.1 Å². The lowest BCUT2D eigenvalue weighted by Gasteiger charge is -2.04. The molecule has 0 aliphatic heterocycles. The van der Waals surface area contributed by atoms with E-state index in [4.69, 9.17) is 5.11 Å². The molecule has 0 saturated carbocycles. The number of aliphatic hydroxyl groups excluding tert-OH is 1. The summed E-state index contributed by atoms with van der Waals surface area (Å²) in [5.41, 5.74) is 7.05.